The van der Waals surface area contributed by atoms with Gasteiger partial charge in [0, 0.05) is 28.9 Å². The third-order valence-electron chi connectivity index (χ3n) is 5.00. The molecular weight excluding hydrogens is 422 g/mol. The molecule has 1 atom stereocenters. The number of hydrogen-bond acceptors (Lipinski definition) is 5. The molecule has 1 aliphatic heterocycles. The van der Waals surface area contributed by atoms with Crippen LogP contribution in [0.5, 0.6) is 5.75 Å². The summed E-state index contributed by atoms with van der Waals surface area (Å²) in [5.41, 5.74) is 3.39. The van der Waals surface area contributed by atoms with Crippen LogP contribution in [0.3, 0.4) is 0 Å². The minimum atomic E-state index is -0.453. The van der Waals surface area contributed by atoms with Crippen molar-refractivity contribution in [2.75, 3.05) is 23.9 Å². The molecule has 1 unspecified atom stereocenters. The fourth-order valence-electron chi connectivity index (χ4n) is 3.42. The smallest absolute Gasteiger partial charge is 0.231 e. The topological polar surface area (TPSA) is 71.5 Å². The molecule has 1 aliphatic rings. The number of rotatable bonds is 5. The zero-order valence-electron chi connectivity index (χ0n) is 16.5. The third kappa shape index (κ3) is 4.17. The monoisotopic (exact) mass is 441 g/mol. The van der Waals surface area contributed by atoms with Crippen LogP contribution in [0.2, 0.25) is 5.02 Å². The number of carbonyl (C=O) groups excluding carboxylic acids is 2. The highest BCUT2D eigenvalue weighted by atomic mass is 35.5. The molecule has 1 saturated heterocycles. The summed E-state index contributed by atoms with van der Waals surface area (Å²) < 4.78 is 5.39. The van der Waals surface area contributed by atoms with Gasteiger partial charge in [0.25, 0.3) is 0 Å². The van der Waals surface area contributed by atoms with Crippen LogP contribution in [-0.2, 0) is 9.59 Å². The fraction of sp³-hybridized carbons (Fsp3) is 0.227. The molecule has 0 aliphatic carbocycles. The number of hydrogen-bond donors (Lipinski definition) is 1. The minimum Gasteiger partial charge on any atom is -0.495 e. The summed E-state index contributed by atoms with van der Waals surface area (Å²) in [5.74, 6) is -0.150. The number of carbonyl (C=O) groups is 2. The Kier molecular flexibility index (Phi) is 5.74. The predicted octanol–water partition coefficient (Wildman–Crippen LogP) is 4.77. The lowest BCUT2D eigenvalue weighted by Gasteiger charge is -2.20. The van der Waals surface area contributed by atoms with Gasteiger partial charge in [-0.05, 0) is 36.8 Å². The lowest BCUT2D eigenvalue weighted by atomic mass is 10.1. The van der Waals surface area contributed by atoms with E-state index in [4.69, 9.17) is 16.3 Å². The second kappa shape index (κ2) is 8.45. The Balaban J connectivity index is 1.46. The first-order valence-corrected chi connectivity index (χ1v) is 10.7. The normalized spacial score (nSPS) is 16.0. The van der Waals surface area contributed by atoms with Crippen molar-refractivity contribution in [3.8, 4) is 17.0 Å². The summed E-state index contributed by atoms with van der Waals surface area (Å²) in [5, 5.41) is 5.89. The Morgan fingerprint density at radius 1 is 1.27 bits per heavy atom. The molecule has 1 N–H and O–H groups in total. The first-order valence-electron chi connectivity index (χ1n) is 9.42. The van der Waals surface area contributed by atoms with E-state index in [0.717, 1.165) is 16.8 Å². The van der Waals surface area contributed by atoms with Crippen LogP contribution < -0.4 is 15.0 Å². The van der Waals surface area contributed by atoms with Crippen molar-refractivity contribution in [1.29, 1.82) is 0 Å². The van der Waals surface area contributed by atoms with E-state index in [0.29, 0.717) is 28.1 Å². The molecule has 6 nitrogen and oxygen atoms in total. The maximum Gasteiger partial charge on any atom is 0.231 e. The third-order valence-corrected chi connectivity index (χ3v) is 6.00. The Morgan fingerprint density at radius 3 is 2.77 bits per heavy atom. The van der Waals surface area contributed by atoms with Gasteiger partial charge in [-0.1, -0.05) is 29.8 Å². The lowest BCUT2D eigenvalue weighted by Crippen LogP contribution is -2.28. The van der Waals surface area contributed by atoms with Crippen LogP contribution in [-0.4, -0.2) is 30.5 Å². The van der Waals surface area contributed by atoms with E-state index in [2.05, 4.69) is 10.3 Å². The van der Waals surface area contributed by atoms with Gasteiger partial charge >= 0.3 is 0 Å². The van der Waals surface area contributed by atoms with Crippen molar-refractivity contribution in [3.63, 3.8) is 0 Å². The number of ether oxygens (including phenoxy) is 1. The first-order chi connectivity index (χ1) is 14.4. The van der Waals surface area contributed by atoms with E-state index in [1.165, 1.54) is 11.3 Å². The zero-order chi connectivity index (χ0) is 21.3. The summed E-state index contributed by atoms with van der Waals surface area (Å²) in [7, 11) is 1.57. The molecule has 0 bridgehead atoms. The molecule has 1 aromatic heterocycles. The molecule has 8 heteroatoms. The van der Waals surface area contributed by atoms with E-state index >= 15 is 0 Å². The standard InChI is InChI=1S/C22H20ClN3O3S/c1-13-3-8-19(29-2)18(9-13)26-11-15(10-20(26)27)21(28)25-22-24-17(12-30-22)14-4-6-16(23)7-5-14/h3-9,12,15H,10-11H2,1-2H3,(H,24,25,28). The van der Waals surface area contributed by atoms with Crippen molar-refractivity contribution in [2.45, 2.75) is 13.3 Å². The molecule has 0 saturated carbocycles. The molecule has 1 fully saturated rings. The maximum atomic E-state index is 12.8. The highest BCUT2D eigenvalue weighted by molar-refractivity contribution is 7.14. The van der Waals surface area contributed by atoms with Crippen molar-refractivity contribution >= 4 is 45.6 Å². The van der Waals surface area contributed by atoms with Gasteiger partial charge in [-0.25, -0.2) is 4.98 Å². The Labute approximate surface area is 183 Å². The van der Waals surface area contributed by atoms with Crippen LogP contribution in [0.15, 0.2) is 47.8 Å². The average molecular weight is 442 g/mol. The van der Waals surface area contributed by atoms with Crippen molar-refractivity contribution in [1.82, 2.24) is 4.98 Å². The van der Waals surface area contributed by atoms with Gasteiger partial charge in [-0.3, -0.25) is 9.59 Å². The van der Waals surface area contributed by atoms with Crippen LogP contribution in [0, 0.1) is 12.8 Å². The molecule has 30 heavy (non-hydrogen) atoms. The van der Waals surface area contributed by atoms with E-state index in [9.17, 15) is 9.59 Å². The number of aromatic nitrogens is 1. The summed E-state index contributed by atoms with van der Waals surface area (Å²) in [6, 6.07) is 13.0. The molecule has 154 valence electrons. The van der Waals surface area contributed by atoms with Crippen molar-refractivity contribution in [2.24, 2.45) is 5.92 Å². The molecule has 0 spiro atoms. The van der Waals surface area contributed by atoms with Gasteiger partial charge < -0.3 is 15.0 Å². The Hall–Kier alpha value is -2.90. The number of thiazole rings is 1. The minimum absolute atomic E-state index is 0.0972. The maximum absolute atomic E-state index is 12.8. The van der Waals surface area contributed by atoms with Gasteiger partial charge in [0.1, 0.15) is 5.75 Å². The molecule has 2 aromatic carbocycles. The number of aryl methyl sites for hydroxylation is 1. The van der Waals surface area contributed by atoms with Crippen LogP contribution in [0.25, 0.3) is 11.3 Å². The van der Waals surface area contributed by atoms with Gasteiger partial charge in [0.15, 0.2) is 5.13 Å². The number of methoxy groups -OCH3 is 1. The zero-order valence-corrected chi connectivity index (χ0v) is 18.1. The lowest BCUT2D eigenvalue weighted by molar-refractivity contribution is -0.122. The second-order valence-corrected chi connectivity index (χ2v) is 8.41. The van der Waals surface area contributed by atoms with E-state index in [-0.39, 0.29) is 18.2 Å². The predicted molar refractivity (Wildman–Crippen MR) is 119 cm³/mol. The highest BCUT2D eigenvalue weighted by Gasteiger charge is 2.36. The van der Waals surface area contributed by atoms with Gasteiger partial charge in [-0.15, -0.1) is 11.3 Å². The SMILES string of the molecule is COc1ccc(C)cc1N1CC(C(=O)Nc2nc(-c3ccc(Cl)cc3)cs2)CC1=O. The number of amides is 2. The first kappa shape index (κ1) is 20.4. The number of benzene rings is 2. The van der Waals surface area contributed by atoms with Crippen LogP contribution in [0.4, 0.5) is 10.8 Å². The summed E-state index contributed by atoms with van der Waals surface area (Å²) >= 11 is 7.27. The van der Waals surface area contributed by atoms with Crippen molar-refractivity contribution < 1.29 is 14.3 Å². The Morgan fingerprint density at radius 2 is 2.03 bits per heavy atom. The highest BCUT2D eigenvalue weighted by Crippen LogP contribution is 2.34. The van der Waals surface area contributed by atoms with Crippen LogP contribution in [0.1, 0.15) is 12.0 Å². The van der Waals surface area contributed by atoms with E-state index < -0.39 is 5.92 Å². The molecule has 4 rings (SSSR count). The number of halogens is 1. The Bertz CT molecular complexity index is 1100. The fourth-order valence-corrected chi connectivity index (χ4v) is 4.27. The molecule has 2 heterocycles. The van der Waals surface area contributed by atoms with E-state index in [1.807, 2.05) is 42.6 Å². The average Bonchev–Trinajstić information content (AvgIpc) is 3.35. The molecule has 0 radical (unpaired) electrons. The van der Waals surface area contributed by atoms with Gasteiger partial charge in [0.05, 0.1) is 24.4 Å². The van der Waals surface area contributed by atoms with Gasteiger partial charge in [0.2, 0.25) is 11.8 Å². The second-order valence-electron chi connectivity index (χ2n) is 7.11. The number of anilines is 2. The number of nitrogens with zero attached hydrogens (tertiary/aromatic N) is 2. The molecule has 3 aromatic rings. The van der Waals surface area contributed by atoms with Crippen LogP contribution >= 0.6 is 22.9 Å². The van der Waals surface area contributed by atoms with Gasteiger partial charge in [-0.2, -0.15) is 0 Å². The van der Waals surface area contributed by atoms with Crippen molar-refractivity contribution in [3.05, 3.63) is 58.4 Å². The molecular formula is C22H20ClN3O3S. The quantitative estimate of drug-likeness (QED) is 0.619. The largest absolute Gasteiger partial charge is 0.495 e. The molecule has 2 amide bonds. The number of nitrogens with one attached hydrogen (secondary N) is 1. The summed E-state index contributed by atoms with van der Waals surface area (Å²) in [6.45, 7) is 2.26. The summed E-state index contributed by atoms with van der Waals surface area (Å²) in [6.07, 6.45) is 0.151. The summed E-state index contributed by atoms with van der Waals surface area (Å²) in [4.78, 5) is 31.5. The van der Waals surface area contributed by atoms with E-state index in [1.54, 1.807) is 24.1 Å².